The monoisotopic (exact) mass is 439 g/mol. The summed E-state index contributed by atoms with van der Waals surface area (Å²) in [6.07, 6.45) is -1.76. The summed E-state index contributed by atoms with van der Waals surface area (Å²) in [7, 11) is 0. The summed E-state index contributed by atoms with van der Waals surface area (Å²) in [6, 6.07) is 9.62. The molecule has 0 radical (unpaired) electrons. The SMILES string of the molecule is O=C(NCC1CCOCC1Nc1ccc(C(CF)CC(F)(F)F)cc1)c1cccnc1. The minimum Gasteiger partial charge on any atom is -0.380 e. The van der Waals surface area contributed by atoms with Gasteiger partial charge >= 0.3 is 6.18 Å². The van der Waals surface area contributed by atoms with Gasteiger partial charge in [-0.2, -0.15) is 13.2 Å². The van der Waals surface area contributed by atoms with Crippen LogP contribution in [0.2, 0.25) is 0 Å². The molecule has 1 aromatic heterocycles. The standard InChI is InChI=1S/C22H25F4N3O2/c23-11-18(10-22(24,25)26)15-3-5-19(6-4-15)29-20-14-31-9-7-16(20)13-28-21(30)17-2-1-8-27-12-17/h1-6,8,12,16,18,20,29H,7,9-11,13-14H2,(H,28,30). The molecule has 1 aromatic carbocycles. The van der Waals surface area contributed by atoms with Crippen LogP contribution >= 0.6 is 0 Å². The minimum absolute atomic E-state index is 0.0825. The number of amides is 1. The number of anilines is 1. The predicted molar refractivity (Wildman–Crippen MR) is 109 cm³/mol. The first kappa shape index (κ1) is 23.0. The fraction of sp³-hybridized carbons (Fsp3) is 0.455. The van der Waals surface area contributed by atoms with Gasteiger partial charge in [-0.15, -0.1) is 0 Å². The highest BCUT2D eigenvalue weighted by atomic mass is 19.4. The number of pyridine rings is 1. The molecule has 1 fully saturated rings. The number of alkyl halides is 4. The maximum absolute atomic E-state index is 13.1. The lowest BCUT2D eigenvalue weighted by Crippen LogP contribution is -2.44. The fourth-order valence-corrected chi connectivity index (χ4v) is 3.62. The molecule has 31 heavy (non-hydrogen) atoms. The molecule has 5 nitrogen and oxygen atoms in total. The molecule has 9 heteroatoms. The summed E-state index contributed by atoms with van der Waals surface area (Å²) in [5.74, 6) is -1.30. The normalized spacial score (nSPS) is 20.1. The van der Waals surface area contributed by atoms with Crippen molar-refractivity contribution in [3.05, 3.63) is 59.9 Å². The Morgan fingerprint density at radius 2 is 2.00 bits per heavy atom. The van der Waals surface area contributed by atoms with Crippen molar-refractivity contribution in [3.63, 3.8) is 0 Å². The summed E-state index contributed by atoms with van der Waals surface area (Å²) >= 11 is 0. The molecule has 0 bridgehead atoms. The topological polar surface area (TPSA) is 63.2 Å². The van der Waals surface area contributed by atoms with Gasteiger partial charge in [0, 0.05) is 43.1 Å². The molecule has 0 spiro atoms. The van der Waals surface area contributed by atoms with Crippen LogP contribution in [-0.4, -0.2) is 49.5 Å². The summed E-state index contributed by atoms with van der Waals surface area (Å²) in [5.41, 5.74) is 1.49. The average molecular weight is 439 g/mol. The van der Waals surface area contributed by atoms with Crippen molar-refractivity contribution < 1.29 is 27.1 Å². The molecule has 2 aromatic rings. The molecule has 1 saturated heterocycles. The Morgan fingerprint density at radius 1 is 1.23 bits per heavy atom. The van der Waals surface area contributed by atoms with Crippen LogP contribution in [0.5, 0.6) is 0 Å². The third kappa shape index (κ3) is 6.92. The van der Waals surface area contributed by atoms with Gasteiger partial charge in [-0.3, -0.25) is 14.2 Å². The van der Waals surface area contributed by atoms with Crippen molar-refractivity contribution in [1.29, 1.82) is 0 Å². The third-order valence-electron chi connectivity index (χ3n) is 5.35. The Hall–Kier alpha value is -2.68. The van der Waals surface area contributed by atoms with Gasteiger partial charge in [-0.25, -0.2) is 0 Å². The molecule has 1 amide bonds. The van der Waals surface area contributed by atoms with E-state index in [1.165, 1.54) is 18.3 Å². The minimum atomic E-state index is -4.42. The Labute approximate surface area is 178 Å². The summed E-state index contributed by atoms with van der Waals surface area (Å²) in [5, 5.41) is 6.24. The van der Waals surface area contributed by atoms with Crippen LogP contribution in [0, 0.1) is 5.92 Å². The number of ether oxygens (including phenoxy) is 1. The average Bonchev–Trinajstić information content (AvgIpc) is 2.77. The number of hydrogen-bond donors (Lipinski definition) is 2. The zero-order valence-electron chi connectivity index (χ0n) is 16.9. The molecule has 3 unspecified atom stereocenters. The molecular formula is C22H25F4N3O2. The largest absolute Gasteiger partial charge is 0.389 e. The number of nitrogens with zero attached hydrogens (tertiary/aromatic N) is 1. The second-order valence-corrected chi connectivity index (χ2v) is 7.62. The highest BCUT2D eigenvalue weighted by Crippen LogP contribution is 2.32. The van der Waals surface area contributed by atoms with Crippen molar-refractivity contribution >= 4 is 11.6 Å². The highest BCUT2D eigenvalue weighted by Gasteiger charge is 2.32. The van der Waals surface area contributed by atoms with E-state index in [4.69, 9.17) is 4.74 Å². The number of rotatable bonds is 8. The van der Waals surface area contributed by atoms with E-state index in [2.05, 4.69) is 15.6 Å². The quantitative estimate of drug-likeness (QED) is 0.601. The number of carbonyl (C=O) groups is 1. The van der Waals surface area contributed by atoms with Gasteiger partial charge < -0.3 is 15.4 Å². The molecule has 3 rings (SSSR count). The van der Waals surface area contributed by atoms with Crippen LogP contribution in [-0.2, 0) is 4.74 Å². The van der Waals surface area contributed by atoms with E-state index in [0.717, 1.165) is 6.42 Å². The van der Waals surface area contributed by atoms with Crippen molar-refractivity contribution in [3.8, 4) is 0 Å². The zero-order chi connectivity index (χ0) is 22.3. The lowest BCUT2D eigenvalue weighted by atomic mass is 9.93. The van der Waals surface area contributed by atoms with E-state index < -0.39 is 25.2 Å². The van der Waals surface area contributed by atoms with E-state index in [-0.39, 0.29) is 17.9 Å². The van der Waals surface area contributed by atoms with E-state index in [1.54, 1.807) is 30.5 Å². The summed E-state index contributed by atoms with van der Waals surface area (Å²) < 4.78 is 56.5. The number of hydrogen-bond acceptors (Lipinski definition) is 4. The molecule has 2 heterocycles. The maximum atomic E-state index is 13.1. The molecule has 0 aliphatic carbocycles. The second kappa shape index (κ2) is 10.6. The van der Waals surface area contributed by atoms with Crippen LogP contribution in [0.3, 0.4) is 0 Å². The van der Waals surface area contributed by atoms with Crippen LogP contribution in [0.15, 0.2) is 48.8 Å². The Balaban J connectivity index is 1.58. The smallest absolute Gasteiger partial charge is 0.380 e. The Kier molecular flexibility index (Phi) is 7.84. The number of benzene rings is 1. The third-order valence-corrected chi connectivity index (χ3v) is 5.35. The van der Waals surface area contributed by atoms with Gasteiger partial charge in [0.15, 0.2) is 0 Å². The summed E-state index contributed by atoms with van der Waals surface area (Å²) in [6.45, 7) is 0.403. The molecule has 1 aliphatic rings. The second-order valence-electron chi connectivity index (χ2n) is 7.62. The van der Waals surface area contributed by atoms with Gasteiger partial charge in [0.25, 0.3) is 5.91 Å². The van der Waals surface area contributed by atoms with Crippen molar-refractivity contribution in [2.45, 2.75) is 31.0 Å². The van der Waals surface area contributed by atoms with Gasteiger partial charge in [-0.05, 0) is 36.2 Å². The molecule has 0 saturated carbocycles. The van der Waals surface area contributed by atoms with Crippen molar-refractivity contribution in [2.24, 2.45) is 5.92 Å². The van der Waals surface area contributed by atoms with Crippen molar-refractivity contribution in [1.82, 2.24) is 10.3 Å². The fourth-order valence-electron chi connectivity index (χ4n) is 3.62. The van der Waals surface area contributed by atoms with E-state index in [0.29, 0.717) is 36.6 Å². The number of halogens is 4. The number of aromatic nitrogens is 1. The van der Waals surface area contributed by atoms with Crippen LogP contribution < -0.4 is 10.6 Å². The van der Waals surface area contributed by atoms with Crippen molar-refractivity contribution in [2.75, 3.05) is 31.7 Å². The van der Waals surface area contributed by atoms with Gasteiger partial charge in [0.2, 0.25) is 0 Å². The lowest BCUT2D eigenvalue weighted by Gasteiger charge is -2.33. The zero-order valence-corrected chi connectivity index (χ0v) is 16.9. The van der Waals surface area contributed by atoms with E-state index in [1.807, 2.05) is 0 Å². The van der Waals surface area contributed by atoms with Crippen LogP contribution in [0.25, 0.3) is 0 Å². The molecule has 3 atom stereocenters. The summed E-state index contributed by atoms with van der Waals surface area (Å²) in [4.78, 5) is 16.2. The van der Waals surface area contributed by atoms with Gasteiger partial charge in [0.1, 0.15) is 0 Å². The van der Waals surface area contributed by atoms with E-state index >= 15 is 0 Å². The first-order valence-electron chi connectivity index (χ1n) is 10.1. The first-order valence-corrected chi connectivity index (χ1v) is 10.1. The van der Waals surface area contributed by atoms with Gasteiger partial charge in [-0.1, -0.05) is 12.1 Å². The van der Waals surface area contributed by atoms with Gasteiger partial charge in [0.05, 0.1) is 31.3 Å². The Morgan fingerprint density at radius 3 is 2.65 bits per heavy atom. The first-order chi connectivity index (χ1) is 14.9. The lowest BCUT2D eigenvalue weighted by molar-refractivity contribution is -0.139. The Bertz CT molecular complexity index is 831. The van der Waals surface area contributed by atoms with E-state index in [9.17, 15) is 22.4 Å². The highest BCUT2D eigenvalue weighted by molar-refractivity contribution is 5.93. The number of nitrogens with one attached hydrogen (secondary N) is 2. The number of carbonyl (C=O) groups excluding carboxylic acids is 1. The maximum Gasteiger partial charge on any atom is 0.389 e. The van der Waals surface area contributed by atoms with Crippen LogP contribution in [0.1, 0.15) is 34.7 Å². The molecule has 1 aliphatic heterocycles. The molecule has 2 N–H and O–H groups in total. The molecule has 168 valence electrons. The molecular weight excluding hydrogens is 414 g/mol. The van der Waals surface area contributed by atoms with Crippen LogP contribution in [0.4, 0.5) is 23.2 Å². The predicted octanol–water partition coefficient (Wildman–Crippen LogP) is 4.33.